The third-order valence-corrected chi connectivity index (χ3v) is 4.71. The lowest BCUT2D eigenvalue weighted by atomic mass is 9.79. The van der Waals surface area contributed by atoms with E-state index in [9.17, 15) is 4.79 Å². The summed E-state index contributed by atoms with van der Waals surface area (Å²) in [7, 11) is 0. The van der Waals surface area contributed by atoms with Crippen LogP contribution in [-0.2, 0) is 4.79 Å². The first-order valence-electron chi connectivity index (χ1n) is 7.55. The smallest absolute Gasteiger partial charge is 0.229 e. The number of likely N-dealkylation sites (tertiary alicyclic amines) is 1. The molecule has 3 heterocycles. The summed E-state index contributed by atoms with van der Waals surface area (Å²) < 4.78 is 5.39. The second-order valence-electron chi connectivity index (χ2n) is 6.34. The van der Waals surface area contributed by atoms with Crippen LogP contribution in [0.25, 0.3) is 0 Å². The second-order valence-corrected chi connectivity index (χ2v) is 6.34. The Labute approximate surface area is 119 Å². The van der Waals surface area contributed by atoms with Crippen LogP contribution in [0, 0.1) is 12.3 Å². The monoisotopic (exact) mass is 277 g/mol. The summed E-state index contributed by atoms with van der Waals surface area (Å²) >= 11 is 0. The summed E-state index contributed by atoms with van der Waals surface area (Å²) in [5, 5.41) is 7.29. The van der Waals surface area contributed by atoms with Crippen LogP contribution in [0.1, 0.15) is 50.1 Å². The molecule has 1 aromatic rings. The van der Waals surface area contributed by atoms with Crippen LogP contribution >= 0.6 is 0 Å². The lowest BCUT2D eigenvalue weighted by molar-refractivity contribution is -0.144. The van der Waals surface area contributed by atoms with Gasteiger partial charge in [-0.2, -0.15) is 0 Å². The number of carbonyl (C=O) groups is 1. The quantitative estimate of drug-likeness (QED) is 0.898. The fourth-order valence-electron chi connectivity index (χ4n) is 3.39. The molecule has 5 nitrogen and oxygen atoms in total. The normalized spacial score (nSPS) is 25.9. The zero-order chi connectivity index (χ0) is 14.2. The maximum atomic E-state index is 12.9. The minimum atomic E-state index is -0.219. The van der Waals surface area contributed by atoms with E-state index in [2.05, 4.69) is 17.4 Å². The van der Waals surface area contributed by atoms with Crippen molar-refractivity contribution in [3.05, 3.63) is 17.5 Å². The molecule has 2 fully saturated rings. The average molecular weight is 277 g/mol. The van der Waals surface area contributed by atoms with Crippen molar-refractivity contribution >= 4 is 5.91 Å². The maximum absolute atomic E-state index is 12.9. The molecule has 1 amide bonds. The van der Waals surface area contributed by atoms with Crippen molar-refractivity contribution in [2.24, 2.45) is 5.41 Å². The number of rotatable bonds is 2. The molecule has 0 radical (unpaired) electrons. The van der Waals surface area contributed by atoms with Gasteiger partial charge in [-0.05, 0) is 45.7 Å². The van der Waals surface area contributed by atoms with Gasteiger partial charge in [-0.1, -0.05) is 12.1 Å². The third-order valence-electron chi connectivity index (χ3n) is 4.71. The largest absolute Gasteiger partial charge is 0.359 e. The number of nitrogens with zero attached hydrogens (tertiary/aromatic N) is 2. The minimum absolute atomic E-state index is 0.0791. The Hall–Kier alpha value is -1.36. The molecule has 20 heavy (non-hydrogen) atoms. The second kappa shape index (κ2) is 5.20. The number of aromatic nitrogens is 1. The zero-order valence-corrected chi connectivity index (χ0v) is 12.3. The molecule has 0 aromatic carbocycles. The molecule has 0 saturated carbocycles. The van der Waals surface area contributed by atoms with Gasteiger partial charge >= 0.3 is 0 Å². The van der Waals surface area contributed by atoms with E-state index >= 15 is 0 Å². The van der Waals surface area contributed by atoms with Crippen LogP contribution in [0.15, 0.2) is 10.6 Å². The van der Waals surface area contributed by atoms with Gasteiger partial charge in [0.25, 0.3) is 0 Å². The Balaban J connectivity index is 1.79. The Bertz CT molecular complexity index is 491. The van der Waals surface area contributed by atoms with E-state index < -0.39 is 0 Å². The highest BCUT2D eigenvalue weighted by Gasteiger charge is 2.42. The summed E-state index contributed by atoms with van der Waals surface area (Å²) in [6, 6.07) is 2.04. The molecule has 1 N–H and O–H groups in total. The Morgan fingerprint density at radius 3 is 2.90 bits per heavy atom. The molecule has 2 aliphatic rings. The van der Waals surface area contributed by atoms with Crippen molar-refractivity contribution in [3.63, 3.8) is 0 Å². The van der Waals surface area contributed by atoms with Gasteiger partial charge in [-0.15, -0.1) is 0 Å². The summed E-state index contributed by atoms with van der Waals surface area (Å²) in [6.45, 7) is 6.73. The van der Waals surface area contributed by atoms with Crippen LogP contribution < -0.4 is 5.32 Å². The third kappa shape index (κ3) is 2.35. The number of piperidine rings is 1. The number of hydrogen-bond donors (Lipinski definition) is 1. The topological polar surface area (TPSA) is 58.4 Å². The lowest BCUT2D eigenvalue weighted by Crippen LogP contribution is -2.47. The lowest BCUT2D eigenvalue weighted by Gasteiger charge is -2.37. The van der Waals surface area contributed by atoms with Crippen molar-refractivity contribution in [1.82, 2.24) is 15.4 Å². The molecule has 2 saturated heterocycles. The molecule has 5 heteroatoms. The van der Waals surface area contributed by atoms with Crippen molar-refractivity contribution in [3.8, 4) is 0 Å². The summed E-state index contributed by atoms with van der Waals surface area (Å²) in [4.78, 5) is 15.0. The Kier molecular flexibility index (Phi) is 3.54. The first-order chi connectivity index (χ1) is 9.60. The molecule has 1 atom stereocenters. The van der Waals surface area contributed by atoms with Crippen molar-refractivity contribution in [2.75, 3.05) is 19.6 Å². The molecule has 2 aliphatic heterocycles. The summed E-state index contributed by atoms with van der Waals surface area (Å²) in [6.07, 6.45) is 3.87. The molecule has 0 bridgehead atoms. The van der Waals surface area contributed by atoms with E-state index in [1.54, 1.807) is 0 Å². The van der Waals surface area contributed by atoms with Crippen LogP contribution in [0.2, 0.25) is 0 Å². The maximum Gasteiger partial charge on any atom is 0.229 e. The van der Waals surface area contributed by atoms with Gasteiger partial charge in [0.15, 0.2) is 5.76 Å². The highest BCUT2D eigenvalue weighted by molar-refractivity contribution is 5.83. The molecule has 110 valence electrons. The number of carbonyl (C=O) groups excluding carboxylic acids is 1. The van der Waals surface area contributed by atoms with E-state index in [-0.39, 0.29) is 17.4 Å². The molecule has 0 aliphatic carbocycles. The summed E-state index contributed by atoms with van der Waals surface area (Å²) in [5.41, 5.74) is 0.662. The predicted molar refractivity (Wildman–Crippen MR) is 75.1 cm³/mol. The van der Waals surface area contributed by atoms with E-state index in [0.717, 1.165) is 56.8 Å². The number of nitrogens with one attached hydrogen (secondary N) is 1. The van der Waals surface area contributed by atoms with Gasteiger partial charge in [0, 0.05) is 18.0 Å². The van der Waals surface area contributed by atoms with Gasteiger partial charge in [0.1, 0.15) is 0 Å². The van der Waals surface area contributed by atoms with E-state index in [0.29, 0.717) is 0 Å². The molecule has 1 unspecified atom stereocenters. The first-order valence-corrected chi connectivity index (χ1v) is 7.55. The van der Waals surface area contributed by atoms with E-state index in [1.807, 2.05) is 17.9 Å². The summed E-state index contributed by atoms with van der Waals surface area (Å²) in [5.74, 6) is 1.13. The number of amides is 1. The Morgan fingerprint density at radius 1 is 1.50 bits per heavy atom. The van der Waals surface area contributed by atoms with Crippen LogP contribution in [0.4, 0.5) is 0 Å². The van der Waals surface area contributed by atoms with Gasteiger partial charge in [0.2, 0.25) is 5.91 Å². The van der Waals surface area contributed by atoms with Crippen molar-refractivity contribution in [2.45, 2.75) is 45.6 Å². The minimum Gasteiger partial charge on any atom is -0.359 e. The highest BCUT2D eigenvalue weighted by atomic mass is 16.5. The van der Waals surface area contributed by atoms with Gasteiger partial charge in [-0.25, -0.2) is 0 Å². The van der Waals surface area contributed by atoms with Gasteiger partial charge < -0.3 is 14.7 Å². The van der Waals surface area contributed by atoms with Crippen molar-refractivity contribution < 1.29 is 9.32 Å². The standard InChI is InChI=1S/C15H23N3O2/c1-11-10-13(20-17-11)12-4-3-9-18(12)14(19)15(2)5-7-16-8-6-15/h10,12,16H,3-9H2,1-2H3. The molecule has 0 spiro atoms. The molecule has 3 rings (SSSR count). The van der Waals surface area contributed by atoms with Crippen molar-refractivity contribution in [1.29, 1.82) is 0 Å². The molecular formula is C15H23N3O2. The molecule has 1 aromatic heterocycles. The van der Waals surface area contributed by atoms with Crippen LogP contribution in [0.5, 0.6) is 0 Å². The SMILES string of the molecule is Cc1cc(C2CCCN2C(=O)C2(C)CCNCC2)on1. The van der Waals surface area contributed by atoms with Gasteiger partial charge in [-0.3, -0.25) is 4.79 Å². The molecular weight excluding hydrogens is 254 g/mol. The number of aryl methyl sites for hydroxylation is 1. The van der Waals surface area contributed by atoms with Crippen LogP contribution in [-0.4, -0.2) is 35.6 Å². The Morgan fingerprint density at radius 2 is 2.25 bits per heavy atom. The fraction of sp³-hybridized carbons (Fsp3) is 0.733. The first kappa shape index (κ1) is 13.6. The van der Waals surface area contributed by atoms with Gasteiger partial charge in [0.05, 0.1) is 11.7 Å². The van der Waals surface area contributed by atoms with E-state index in [4.69, 9.17) is 4.52 Å². The average Bonchev–Trinajstić information content (AvgIpc) is 3.07. The van der Waals surface area contributed by atoms with E-state index in [1.165, 1.54) is 0 Å². The van der Waals surface area contributed by atoms with Crippen LogP contribution in [0.3, 0.4) is 0 Å². The predicted octanol–water partition coefficient (Wildman–Crippen LogP) is 2.04. The number of hydrogen-bond acceptors (Lipinski definition) is 4. The fourth-order valence-corrected chi connectivity index (χ4v) is 3.39. The highest BCUT2D eigenvalue weighted by Crippen LogP contribution is 2.38. The zero-order valence-electron chi connectivity index (χ0n) is 12.3.